The second kappa shape index (κ2) is 5.78. The maximum absolute atomic E-state index is 11.9. The summed E-state index contributed by atoms with van der Waals surface area (Å²) in [6, 6.07) is -1.06. The van der Waals surface area contributed by atoms with E-state index in [-0.39, 0.29) is 43.6 Å². The number of carbonyl (C=O) groups excluding carboxylic acids is 1. The lowest BCUT2D eigenvalue weighted by molar-refractivity contribution is -0.138. The van der Waals surface area contributed by atoms with E-state index in [1.165, 1.54) is 0 Å². The van der Waals surface area contributed by atoms with Crippen LogP contribution in [0.4, 0.5) is 5.69 Å². The molecular weight excluding hydrogens is 371 g/mol. The number of carboxylic acids is 1. The van der Waals surface area contributed by atoms with E-state index in [2.05, 4.69) is 0 Å². The molecule has 20 heavy (non-hydrogen) atoms. The van der Waals surface area contributed by atoms with Crippen LogP contribution in [-0.2, 0) is 9.59 Å². The van der Waals surface area contributed by atoms with Crippen LogP contribution in [0.2, 0.25) is 25.1 Å². The number of hydrogen-bond acceptors (Lipinski definition) is 2. The average molecular weight is 377 g/mol. The van der Waals surface area contributed by atoms with Gasteiger partial charge in [0.2, 0.25) is 5.91 Å². The Balaban J connectivity index is 2.69. The molecule has 0 radical (unpaired) electrons. The molecule has 1 amide bonds. The Kier molecular flexibility index (Phi) is 4.62. The van der Waals surface area contributed by atoms with Crippen LogP contribution in [0, 0.1) is 0 Å². The molecule has 0 unspecified atom stereocenters. The molecule has 1 heterocycles. The zero-order valence-corrected chi connectivity index (χ0v) is 13.4. The van der Waals surface area contributed by atoms with Crippen molar-refractivity contribution in [3.63, 3.8) is 0 Å². The third-order valence-corrected chi connectivity index (χ3v) is 5.18. The number of aliphatic carboxylic acids is 1. The number of carboxylic acid groups (broad SMARTS) is 1. The van der Waals surface area contributed by atoms with Crippen LogP contribution in [-0.4, -0.2) is 23.0 Å². The van der Waals surface area contributed by atoms with Gasteiger partial charge in [-0.25, -0.2) is 4.79 Å². The minimum absolute atomic E-state index is 0.0253. The number of benzene rings is 1. The smallest absolute Gasteiger partial charge is 0.326 e. The summed E-state index contributed by atoms with van der Waals surface area (Å²) in [5.41, 5.74) is -0.0253. The van der Waals surface area contributed by atoms with E-state index in [9.17, 15) is 9.59 Å². The summed E-state index contributed by atoms with van der Waals surface area (Å²) in [6.07, 6.45) is 0.222. The lowest BCUT2D eigenvalue weighted by Crippen LogP contribution is -2.39. The number of carbonyl (C=O) groups is 2. The molecule has 1 aliphatic rings. The van der Waals surface area contributed by atoms with E-state index in [4.69, 9.17) is 63.1 Å². The van der Waals surface area contributed by atoms with Gasteiger partial charge in [-0.05, 0) is 6.42 Å². The lowest BCUT2D eigenvalue weighted by Gasteiger charge is -2.25. The average Bonchev–Trinajstić information content (AvgIpc) is 2.77. The SMILES string of the molecule is O=C(O)[C@@H]1CCC(=O)N1c1c(Cl)c(Cl)c(Cl)c(Cl)c1Cl. The summed E-state index contributed by atoms with van der Waals surface area (Å²) in [5.74, 6) is -1.58. The minimum atomic E-state index is -1.16. The summed E-state index contributed by atoms with van der Waals surface area (Å²) in [4.78, 5) is 24.1. The van der Waals surface area contributed by atoms with E-state index in [1.54, 1.807) is 0 Å². The van der Waals surface area contributed by atoms with Crippen molar-refractivity contribution < 1.29 is 14.7 Å². The second-order valence-corrected chi connectivity index (χ2v) is 5.96. The minimum Gasteiger partial charge on any atom is -0.480 e. The van der Waals surface area contributed by atoms with E-state index >= 15 is 0 Å². The topological polar surface area (TPSA) is 57.6 Å². The number of anilines is 1. The Morgan fingerprint density at radius 3 is 1.90 bits per heavy atom. The first kappa shape index (κ1) is 16.0. The fourth-order valence-corrected chi connectivity index (χ4v) is 3.31. The van der Waals surface area contributed by atoms with Crippen LogP contribution in [0.15, 0.2) is 0 Å². The van der Waals surface area contributed by atoms with E-state index in [0.29, 0.717) is 0 Å². The zero-order chi connectivity index (χ0) is 15.2. The molecule has 1 aromatic carbocycles. The Morgan fingerprint density at radius 2 is 1.45 bits per heavy atom. The lowest BCUT2D eigenvalue weighted by atomic mass is 10.2. The van der Waals surface area contributed by atoms with Gasteiger partial charge in [0.15, 0.2) is 0 Å². The van der Waals surface area contributed by atoms with Crippen molar-refractivity contribution in [1.29, 1.82) is 0 Å². The van der Waals surface area contributed by atoms with Crippen molar-refractivity contribution in [3.8, 4) is 0 Å². The molecule has 0 bridgehead atoms. The number of hydrogen-bond donors (Lipinski definition) is 1. The predicted molar refractivity (Wildman–Crippen MR) is 79.6 cm³/mol. The molecule has 1 aliphatic heterocycles. The van der Waals surface area contributed by atoms with E-state index in [1.807, 2.05) is 0 Å². The van der Waals surface area contributed by atoms with Crippen LogP contribution in [0.5, 0.6) is 0 Å². The monoisotopic (exact) mass is 375 g/mol. The van der Waals surface area contributed by atoms with Crippen LogP contribution >= 0.6 is 58.0 Å². The maximum Gasteiger partial charge on any atom is 0.326 e. The van der Waals surface area contributed by atoms with Crippen LogP contribution in [0.25, 0.3) is 0 Å². The molecule has 1 fully saturated rings. The van der Waals surface area contributed by atoms with Gasteiger partial charge in [-0.2, -0.15) is 0 Å². The Labute approximate surface area is 139 Å². The molecule has 0 saturated carbocycles. The second-order valence-electron chi connectivity index (χ2n) is 4.07. The standard InChI is InChI=1S/C11H6Cl5NO3/c12-5-6(13)8(15)10(9(16)7(5)14)17-3(11(19)20)1-2-4(17)18/h3H,1-2H2,(H,19,20)/t3-/m0/s1. The van der Waals surface area contributed by atoms with Crippen LogP contribution in [0.1, 0.15) is 12.8 Å². The molecule has 2 rings (SSSR count). The fourth-order valence-electron chi connectivity index (χ4n) is 2.00. The molecule has 0 aliphatic carbocycles. The van der Waals surface area contributed by atoms with Gasteiger partial charge in [0.25, 0.3) is 0 Å². The van der Waals surface area contributed by atoms with Gasteiger partial charge in [0, 0.05) is 6.42 Å². The molecule has 1 saturated heterocycles. The molecule has 0 spiro atoms. The van der Waals surface area contributed by atoms with Crippen molar-refractivity contribution >= 4 is 75.6 Å². The molecule has 9 heteroatoms. The van der Waals surface area contributed by atoms with Gasteiger partial charge < -0.3 is 5.11 Å². The first-order chi connectivity index (χ1) is 9.27. The Bertz CT molecular complexity index is 590. The Hall–Kier alpha value is -0.390. The fraction of sp³-hybridized carbons (Fsp3) is 0.273. The highest BCUT2D eigenvalue weighted by atomic mass is 35.5. The summed E-state index contributed by atoms with van der Waals surface area (Å²) >= 11 is 29.8. The number of rotatable bonds is 2. The molecule has 1 N–H and O–H groups in total. The highest BCUT2D eigenvalue weighted by Gasteiger charge is 2.40. The van der Waals surface area contributed by atoms with Gasteiger partial charge >= 0.3 is 5.97 Å². The van der Waals surface area contributed by atoms with Crippen molar-refractivity contribution in [2.45, 2.75) is 18.9 Å². The Morgan fingerprint density at radius 1 is 1.00 bits per heavy atom. The summed E-state index contributed by atoms with van der Waals surface area (Å²) in [7, 11) is 0. The number of halogens is 5. The van der Waals surface area contributed by atoms with Crippen molar-refractivity contribution in [3.05, 3.63) is 25.1 Å². The molecule has 4 nitrogen and oxygen atoms in total. The van der Waals surface area contributed by atoms with E-state index in [0.717, 1.165) is 4.90 Å². The normalized spacial score (nSPS) is 18.8. The third-order valence-electron chi connectivity index (χ3n) is 2.92. The predicted octanol–water partition coefficient (Wildman–Crippen LogP) is 4.53. The molecule has 108 valence electrons. The first-order valence-corrected chi connectivity index (χ1v) is 7.22. The molecule has 1 aromatic rings. The van der Waals surface area contributed by atoms with Crippen molar-refractivity contribution in [2.24, 2.45) is 0 Å². The van der Waals surface area contributed by atoms with Gasteiger partial charge in [0.05, 0.1) is 30.8 Å². The molecular formula is C11H6Cl5NO3. The third kappa shape index (κ3) is 2.44. The first-order valence-electron chi connectivity index (χ1n) is 5.33. The largest absolute Gasteiger partial charge is 0.480 e. The number of amides is 1. The summed E-state index contributed by atoms with van der Waals surface area (Å²) in [5, 5.41) is 8.74. The van der Waals surface area contributed by atoms with Crippen molar-refractivity contribution in [1.82, 2.24) is 0 Å². The zero-order valence-electron chi connectivity index (χ0n) is 9.59. The maximum atomic E-state index is 11.9. The van der Waals surface area contributed by atoms with Crippen molar-refractivity contribution in [2.75, 3.05) is 4.90 Å². The summed E-state index contributed by atoms with van der Waals surface area (Å²) < 4.78 is 0. The molecule has 0 aromatic heterocycles. The van der Waals surface area contributed by atoms with Gasteiger partial charge in [0.1, 0.15) is 6.04 Å². The number of nitrogens with zero attached hydrogens (tertiary/aromatic N) is 1. The highest BCUT2D eigenvalue weighted by Crippen LogP contribution is 2.49. The van der Waals surface area contributed by atoms with E-state index < -0.39 is 17.9 Å². The van der Waals surface area contributed by atoms with Gasteiger partial charge in [-0.15, -0.1) is 0 Å². The van der Waals surface area contributed by atoms with Crippen LogP contribution < -0.4 is 4.90 Å². The highest BCUT2D eigenvalue weighted by molar-refractivity contribution is 6.56. The summed E-state index contributed by atoms with van der Waals surface area (Å²) in [6.45, 7) is 0. The van der Waals surface area contributed by atoms with Crippen LogP contribution in [0.3, 0.4) is 0 Å². The van der Waals surface area contributed by atoms with Gasteiger partial charge in [-0.3, -0.25) is 9.69 Å². The quantitative estimate of drug-likeness (QED) is 0.608. The van der Waals surface area contributed by atoms with Gasteiger partial charge in [-0.1, -0.05) is 58.0 Å². The molecule has 1 atom stereocenters.